The van der Waals surface area contributed by atoms with Gasteiger partial charge in [-0.3, -0.25) is 4.79 Å². The van der Waals surface area contributed by atoms with E-state index in [4.69, 9.17) is 5.73 Å². The maximum atomic E-state index is 12.2. The molecule has 0 bridgehead atoms. The van der Waals surface area contributed by atoms with Crippen LogP contribution >= 0.6 is 11.8 Å². The van der Waals surface area contributed by atoms with E-state index >= 15 is 0 Å². The largest absolute Gasteiger partial charge is 0.342 e. The number of carbonyl (C=O) groups is 1. The van der Waals surface area contributed by atoms with Gasteiger partial charge >= 0.3 is 0 Å². The summed E-state index contributed by atoms with van der Waals surface area (Å²) in [6.07, 6.45) is 5.88. The topological polar surface area (TPSA) is 46.3 Å². The smallest absolute Gasteiger partial charge is 0.235 e. The maximum absolute atomic E-state index is 12.2. The zero-order chi connectivity index (χ0) is 12.7. The van der Waals surface area contributed by atoms with Gasteiger partial charge in [-0.05, 0) is 38.9 Å². The molecular weight excluding hydrogens is 232 g/mol. The van der Waals surface area contributed by atoms with Crippen LogP contribution in [-0.4, -0.2) is 40.9 Å². The number of rotatable bonds is 5. The molecule has 0 aliphatic carbocycles. The molecule has 17 heavy (non-hydrogen) atoms. The number of likely N-dealkylation sites (tertiary alicyclic amines) is 1. The first-order valence-corrected chi connectivity index (χ1v) is 7.82. The summed E-state index contributed by atoms with van der Waals surface area (Å²) in [7, 11) is 0. The molecule has 1 aliphatic rings. The van der Waals surface area contributed by atoms with Crippen LogP contribution in [0.15, 0.2) is 0 Å². The fraction of sp³-hybridized carbons (Fsp3) is 0.923. The zero-order valence-corrected chi connectivity index (χ0v) is 12.0. The van der Waals surface area contributed by atoms with Crippen LogP contribution in [0.3, 0.4) is 0 Å². The van der Waals surface area contributed by atoms with E-state index in [1.165, 1.54) is 25.7 Å². The lowest BCUT2D eigenvalue weighted by Gasteiger charge is -2.24. The summed E-state index contributed by atoms with van der Waals surface area (Å²) in [5.74, 6) is 1.31. The first-order valence-electron chi connectivity index (χ1n) is 6.77. The third-order valence-electron chi connectivity index (χ3n) is 3.21. The van der Waals surface area contributed by atoms with Gasteiger partial charge in [-0.25, -0.2) is 0 Å². The summed E-state index contributed by atoms with van der Waals surface area (Å²) in [5, 5.41) is 0.0897. The number of thioether (sulfide) groups is 1. The molecule has 0 radical (unpaired) electrons. The minimum atomic E-state index is 0.0897. The summed E-state index contributed by atoms with van der Waals surface area (Å²) < 4.78 is 0. The Morgan fingerprint density at radius 2 is 1.82 bits per heavy atom. The normalized spacial score (nSPS) is 20.8. The standard InChI is InChI=1S/C13H26N2OS/c1-11(14)7-10-17-12(2)13(16)15-8-5-3-4-6-9-15/h11-12H,3-10,14H2,1-2H3. The van der Waals surface area contributed by atoms with Crippen molar-refractivity contribution in [2.45, 2.75) is 57.2 Å². The SMILES string of the molecule is CC(N)CCSC(C)C(=O)N1CCCCCC1. The molecule has 2 atom stereocenters. The van der Waals surface area contributed by atoms with E-state index in [-0.39, 0.29) is 11.3 Å². The summed E-state index contributed by atoms with van der Waals surface area (Å²) in [6, 6.07) is 0.239. The number of hydrogen-bond donors (Lipinski definition) is 1. The number of amides is 1. The predicted molar refractivity (Wildman–Crippen MR) is 75.2 cm³/mol. The second kappa shape index (κ2) is 7.98. The Labute approximate surface area is 109 Å². The lowest BCUT2D eigenvalue weighted by atomic mass is 10.2. The molecule has 2 unspecified atom stereocenters. The van der Waals surface area contributed by atoms with Crippen molar-refractivity contribution in [3.05, 3.63) is 0 Å². The van der Waals surface area contributed by atoms with Crippen LogP contribution in [0.25, 0.3) is 0 Å². The second-order valence-corrected chi connectivity index (χ2v) is 6.47. The summed E-state index contributed by atoms with van der Waals surface area (Å²) in [4.78, 5) is 14.3. The molecule has 0 aromatic rings. The number of nitrogens with zero attached hydrogens (tertiary/aromatic N) is 1. The van der Waals surface area contributed by atoms with Crippen molar-refractivity contribution in [3.8, 4) is 0 Å². The third kappa shape index (κ3) is 5.77. The Bertz CT molecular complexity index is 225. The van der Waals surface area contributed by atoms with Gasteiger partial charge in [0.1, 0.15) is 0 Å². The number of nitrogens with two attached hydrogens (primary N) is 1. The Hall–Kier alpha value is -0.220. The van der Waals surface area contributed by atoms with Crippen LogP contribution in [0.1, 0.15) is 46.0 Å². The highest BCUT2D eigenvalue weighted by molar-refractivity contribution is 8.00. The molecule has 1 heterocycles. The Morgan fingerprint density at radius 3 is 2.35 bits per heavy atom. The molecule has 1 fully saturated rings. The summed E-state index contributed by atoms with van der Waals surface area (Å²) in [5.41, 5.74) is 5.71. The van der Waals surface area contributed by atoms with Crippen LogP contribution in [0.2, 0.25) is 0 Å². The molecule has 0 aromatic carbocycles. The molecule has 1 saturated heterocycles. The predicted octanol–water partition coefficient (Wildman–Crippen LogP) is 2.25. The van der Waals surface area contributed by atoms with E-state index in [0.29, 0.717) is 5.91 Å². The number of hydrogen-bond acceptors (Lipinski definition) is 3. The quantitative estimate of drug-likeness (QED) is 0.822. The molecule has 4 heteroatoms. The maximum Gasteiger partial charge on any atom is 0.235 e. The average Bonchev–Trinajstić information content (AvgIpc) is 2.55. The van der Waals surface area contributed by atoms with Crippen molar-refractivity contribution in [2.75, 3.05) is 18.8 Å². The van der Waals surface area contributed by atoms with Gasteiger partial charge in [0.2, 0.25) is 5.91 Å². The minimum absolute atomic E-state index is 0.0897. The third-order valence-corrected chi connectivity index (χ3v) is 4.38. The monoisotopic (exact) mass is 258 g/mol. The van der Waals surface area contributed by atoms with E-state index in [1.54, 1.807) is 11.8 Å². The van der Waals surface area contributed by atoms with Gasteiger partial charge in [-0.1, -0.05) is 12.8 Å². The van der Waals surface area contributed by atoms with Crippen molar-refractivity contribution in [1.82, 2.24) is 4.90 Å². The average molecular weight is 258 g/mol. The van der Waals surface area contributed by atoms with Crippen LogP contribution in [0, 0.1) is 0 Å². The minimum Gasteiger partial charge on any atom is -0.342 e. The lowest BCUT2D eigenvalue weighted by molar-refractivity contribution is -0.130. The van der Waals surface area contributed by atoms with Crippen molar-refractivity contribution >= 4 is 17.7 Å². The molecule has 0 spiro atoms. The van der Waals surface area contributed by atoms with Gasteiger partial charge < -0.3 is 10.6 Å². The van der Waals surface area contributed by atoms with Gasteiger partial charge in [0.25, 0.3) is 0 Å². The van der Waals surface area contributed by atoms with Crippen molar-refractivity contribution in [1.29, 1.82) is 0 Å². The Balaban J connectivity index is 2.29. The van der Waals surface area contributed by atoms with E-state index in [1.807, 2.05) is 13.8 Å². The van der Waals surface area contributed by atoms with E-state index in [2.05, 4.69) is 4.90 Å². The van der Waals surface area contributed by atoms with Crippen LogP contribution in [0.5, 0.6) is 0 Å². The molecule has 3 nitrogen and oxygen atoms in total. The van der Waals surface area contributed by atoms with Gasteiger partial charge in [-0.2, -0.15) is 0 Å². The zero-order valence-electron chi connectivity index (χ0n) is 11.2. The van der Waals surface area contributed by atoms with E-state index < -0.39 is 0 Å². The van der Waals surface area contributed by atoms with Crippen LogP contribution in [-0.2, 0) is 4.79 Å². The van der Waals surface area contributed by atoms with Crippen molar-refractivity contribution < 1.29 is 4.79 Å². The van der Waals surface area contributed by atoms with Gasteiger partial charge in [-0.15, -0.1) is 11.8 Å². The first-order chi connectivity index (χ1) is 8.11. The molecule has 2 N–H and O–H groups in total. The van der Waals surface area contributed by atoms with Crippen molar-refractivity contribution in [3.63, 3.8) is 0 Å². The van der Waals surface area contributed by atoms with E-state index in [9.17, 15) is 4.79 Å². The second-order valence-electron chi connectivity index (χ2n) is 5.02. The molecule has 1 aliphatic heterocycles. The molecule has 1 amide bonds. The highest BCUT2D eigenvalue weighted by Gasteiger charge is 2.21. The summed E-state index contributed by atoms with van der Waals surface area (Å²) >= 11 is 1.74. The first kappa shape index (κ1) is 14.8. The van der Waals surface area contributed by atoms with Crippen LogP contribution in [0.4, 0.5) is 0 Å². The fourth-order valence-electron chi connectivity index (χ4n) is 2.05. The number of carbonyl (C=O) groups excluding carboxylic acids is 1. The molecule has 100 valence electrons. The Morgan fingerprint density at radius 1 is 1.24 bits per heavy atom. The van der Waals surface area contributed by atoms with Gasteiger partial charge in [0, 0.05) is 19.1 Å². The molecule has 1 rings (SSSR count). The molecular formula is C13H26N2OS. The molecule has 0 aromatic heterocycles. The fourth-order valence-corrected chi connectivity index (χ4v) is 3.20. The van der Waals surface area contributed by atoms with Crippen molar-refractivity contribution in [2.24, 2.45) is 5.73 Å². The lowest BCUT2D eigenvalue weighted by Crippen LogP contribution is -2.37. The van der Waals surface area contributed by atoms with E-state index in [0.717, 1.165) is 25.3 Å². The highest BCUT2D eigenvalue weighted by Crippen LogP contribution is 2.18. The highest BCUT2D eigenvalue weighted by atomic mass is 32.2. The van der Waals surface area contributed by atoms with Gasteiger partial charge in [0.05, 0.1) is 5.25 Å². The Kier molecular flexibility index (Phi) is 6.97. The summed E-state index contributed by atoms with van der Waals surface area (Å²) in [6.45, 7) is 5.95. The molecule has 0 saturated carbocycles. The van der Waals surface area contributed by atoms with Crippen LogP contribution < -0.4 is 5.73 Å². The van der Waals surface area contributed by atoms with Gasteiger partial charge in [0.15, 0.2) is 0 Å².